The van der Waals surface area contributed by atoms with Gasteiger partial charge in [-0.05, 0) is 32.6 Å². The van der Waals surface area contributed by atoms with E-state index in [2.05, 4.69) is 0 Å². The number of carbonyl (C=O) groups excluding carboxylic acids is 2. The Morgan fingerprint density at radius 2 is 1.77 bits per heavy atom. The first-order valence-electron chi connectivity index (χ1n) is 8.14. The molecule has 1 aliphatic carbocycles. The van der Waals surface area contributed by atoms with Crippen LogP contribution in [0.15, 0.2) is 0 Å². The molecule has 1 saturated carbocycles. The van der Waals surface area contributed by atoms with Crippen molar-refractivity contribution in [1.82, 2.24) is 9.80 Å². The van der Waals surface area contributed by atoms with Gasteiger partial charge >= 0.3 is 0 Å². The van der Waals surface area contributed by atoms with Crippen LogP contribution in [0.1, 0.15) is 52.4 Å². The van der Waals surface area contributed by atoms with Gasteiger partial charge in [0.05, 0.1) is 5.92 Å². The summed E-state index contributed by atoms with van der Waals surface area (Å²) in [5.41, 5.74) is 5.99. The number of rotatable bonds is 2. The predicted octanol–water partition coefficient (Wildman–Crippen LogP) is 1.79. The molecule has 0 radical (unpaired) electrons. The van der Waals surface area contributed by atoms with E-state index in [0.717, 1.165) is 51.6 Å². The van der Waals surface area contributed by atoms with Gasteiger partial charge in [-0.25, -0.2) is 0 Å². The molecule has 22 heavy (non-hydrogen) atoms. The fourth-order valence-electron chi connectivity index (χ4n) is 3.71. The SMILES string of the molecule is CC(=O)N(C)C1CCN(C(=O)C2CCCCC2(C)N)CC1.Cl. The Morgan fingerprint density at radius 1 is 1.18 bits per heavy atom. The van der Waals surface area contributed by atoms with E-state index in [0.29, 0.717) is 0 Å². The van der Waals surface area contributed by atoms with Gasteiger partial charge in [0.15, 0.2) is 0 Å². The number of halogens is 1. The van der Waals surface area contributed by atoms with Crippen LogP contribution in [-0.2, 0) is 9.59 Å². The summed E-state index contributed by atoms with van der Waals surface area (Å²) in [6.07, 6.45) is 5.83. The van der Waals surface area contributed by atoms with Gasteiger partial charge < -0.3 is 15.5 Å². The maximum Gasteiger partial charge on any atom is 0.227 e. The van der Waals surface area contributed by atoms with E-state index in [9.17, 15) is 9.59 Å². The average Bonchev–Trinajstić information content (AvgIpc) is 2.45. The Hall–Kier alpha value is -0.810. The lowest BCUT2D eigenvalue weighted by molar-refractivity contribution is -0.141. The summed E-state index contributed by atoms with van der Waals surface area (Å²) >= 11 is 0. The van der Waals surface area contributed by atoms with Crippen LogP contribution < -0.4 is 5.73 Å². The monoisotopic (exact) mass is 331 g/mol. The highest BCUT2D eigenvalue weighted by atomic mass is 35.5. The molecule has 1 heterocycles. The quantitative estimate of drug-likeness (QED) is 0.838. The van der Waals surface area contributed by atoms with Crippen LogP contribution in [0.5, 0.6) is 0 Å². The zero-order chi connectivity index (χ0) is 15.6. The molecule has 0 aromatic rings. The fraction of sp³-hybridized carbons (Fsp3) is 0.875. The lowest BCUT2D eigenvalue weighted by atomic mass is 9.74. The molecule has 0 aromatic carbocycles. The van der Waals surface area contributed by atoms with Crippen molar-refractivity contribution >= 4 is 24.2 Å². The van der Waals surface area contributed by atoms with Crippen molar-refractivity contribution in [2.75, 3.05) is 20.1 Å². The van der Waals surface area contributed by atoms with Crippen molar-refractivity contribution < 1.29 is 9.59 Å². The second kappa shape index (κ2) is 7.64. The van der Waals surface area contributed by atoms with Crippen LogP contribution in [0.4, 0.5) is 0 Å². The molecule has 2 amide bonds. The minimum Gasteiger partial charge on any atom is -0.343 e. The van der Waals surface area contributed by atoms with Gasteiger partial charge in [0.25, 0.3) is 0 Å². The Morgan fingerprint density at radius 3 is 2.27 bits per heavy atom. The van der Waals surface area contributed by atoms with Crippen molar-refractivity contribution in [2.24, 2.45) is 11.7 Å². The van der Waals surface area contributed by atoms with Gasteiger partial charge in [-0.3, -0.25) is 9.59 Å². The molecule has 1 saturated heterocycles. The molecule has 2 aliphatic rings. The Labute approximate surface area is 140 Å². The van der Waals surface area contributed by atoms with Crippen molar-refractivity contribution in [3.8, 4) is 0 Å². The van der Waals surface area contributed by atoms with E-state index in [4.69, 9.17) is 5.73 Å². The van der Waals surface area contributed by atoms with Gasteiger partial charge in [-0.1, -0.05) is 12.8 Å². The van der Waals surface area contributed by atoms with Gasteiger partial charge in [-0.15, -0.1) is 12.4 Å². The number of likely N-dealkylation sites (tertiary alicyclic amines) is 1. The number of nitrogens with two attached hydrogens (primary N) is 1. The Bertz CT molecular complexity index is 406. The molecular weight excluding hydrogens is 302 g/mol. The standard InChI is InChI=1S/C16H29N3O2.ClH/c1-12(20)18(3)13-7-10-19(11-8-13)15(21)14-6-4-5-9-16(14,2)17;/h13-14H,4-11,17H2,1-3H3;1H. The van der Waals surface area contributed by atoms with E-state index in [1.165, 1.54) is 0 Å². The zero-order valence-corrected chi connectivity index (χ0v) is 14.8. The maximum absolute atomic E-state index is 12.7. The third-order valence-electron chi connectivity index (χ3n) is 5.37. The highest BCUT2D eigenvalue weighted by Gasteiger charge is 2.40. The van der Waals surface area contributed by atoms with Crippen LogP contribution in [-0.4, -0.2) is 53.3 Å². The Balaban J connectivity index is 0.00000242. The van der Waals surface area contributed by atoms with Gasteiger partial charge in [0, 0.05) is 38.6 Å². The van der Waals surface area contributed by atoms with Gasteiger partial charge in [-0.2, -0.15) is 0 Å². The largest absolute Gasteiger partial charge is 0.343 e. The number of piperidine rings is 1. The summed E-state index contributed by atoms with van der Waals surface area (Å²) in [6, 6.07) is 0.266. The molecular formula is C16H30ClN3O2. The smallest absolute Gasteiger partial charge is 0.227 e. The normalized spacial score (nSPS) is 29.6. The summed E-state index contributed by atoms with van der Waals surface area (Å²) < 4.78 is 0. The highest BCUT2D eigenvalue weighted by Crippen LogP contribution is 2.33. The molecule has 0 spiro atoms. The highest BCUT2D eigenvalue weighted by molar-refractivity contribution is 5.85. The van der Waals surface area contributed by atoms with Crippen molar-refractivity contribution in [1.29, 1.82) is 0 Å². The third kappa shape index (κ3) is 4.13. The number of hydrogen-bond acceptors (Lipinski definition) is 3. The van der Waals surface area contributed by atoms with E-state index < -0.39 is 0 Å². The summed E-state index contributed by atoms with van der Waals surface area (Å²) in [5, 5.41) is 0. The first kappa shape index (κ1) is 19.2. The third-order valence-corrected chi connectivity index (χ3v) is 5.37. The molecule has 2 fully saturated rings. The average molecular weight is 332 g/mol. The fourth-order valence-corrected chi connectivity index (χ4v) is 3.71. The van der Waals surface area contributed by atoms with Crippen LogP contribution >= 0.6 is 12.4 Å². The summed E-state index contributed by atoms with van der Waals surface area (Å²) in [5.74, 6) is 0.290. The lowest BCUT2D eigenvalue weighted by Gasteiger charge is -2.42. The molecule has 1 aliphatic heterocycles. The van der Waals surface area contributed by atoms with Crippen molar-refractivity contribution in [2.45, 2.75) is 64.0 Å². The lowest BCUT2D eigenvalue weighted by Crippen LogP contribution is -2.56. The first-order valence-corrected chi connectivity index (χ1v) is 8.14. The van der Waals surface area contributed by atoms with Crippen LogP contribution in [0.25, 0.3) is 0 Å². The first-order chi connectivity index (χ1) is 9.83. The van der Waals surface area contributed by atoms with E-state index in [-0.39, 0.29) is 41.7 Å². The molecule has 0 aromatic heterocycles. The van der Waals surface area contributed by atoms with Crippen LogP contribution in [0, 0.1) is 5.92 Å². The number of nitrogens with zero attached hydrogens (tertiary/aromatic N) is 2. The maximum atomic E-state index is 12.7. The molecule has 2 rings (SSSR count). The summed E-state index contributed by atoms with van der Waals surface area (Å²) in [6.45, 7) is 5.10. The predicted molar refractivity (Wildman–Crippen MR) is 89.8 cm³/mol. The Kier molecular flexibility index (Phi) is 6.68. The number of carbonyl (C=O) groups is 2. The minimum absolute atomic E-state index is 0. The molecule has 2 N–H and O–H groups in total. The number of hydrogen-bond donors (Lipinski definition) is 1. The summed E-state index contributed by atoms with van der Waals surface area (Å²) in [4.78, 5) is 27.9. The molecule has 2 unspecified atom stereocenters. The molecule has 0 bridgehead atoms. The molecule has 5 nitrogen and oxygen atoms in total. The van der Waals surface area contributed by atoms with E-state index in [1.54, 1.807) is 11.8 Å². The van der Waals surface area contributed by atoms with Crippen LogP contribution in [0.2, 0.25) is 0 Å². The van der Waals surface area contributed by atoms with Crippen molar-refractivity contribution in [3.05, 3.63) is 0 Å². The molecule has 6 heteroatoms. The van der Waals surface area contributed by atoms with Gasteiger partial charge in [0.1, 0.15) is 0 Å². The summed E-state index contributed by atoms with van der Waals surface area (Å²) in [7, 11) is 1.85. The van der Waals surface area contributed by atoms with E-state index >= 15 is 0 Å². The van der Waals surface area contributed by atoms with Crippen molar-refractivity contribution in [3.63, 3.8) is 0 Å². The topological polar surface area (TPSA) is 66.6 Å². The van der Waals surface area contributed by atoms with Crippen LogP contribution in [0.3, 0.4) is 0 Å². The van der Waals surface area contributed by atoms with Gasteiger partial charge in [0.2, 0.25) is 11.8 Å². The second-order valence-electron chi connectivity index (χ2n) is 6.99. The molecule has 2 atom stereocenters. The van der Waals surface area contributed by atoms with E-state index in [1.807, 2.05) is 18.9 Å². The zero-order valence-electron chi connectivity index (χ0n) is 14.0. The second-order valence-corrected chi connectivity index (χ2v) is 6.99. The number of amides is 2. The minimum atomic E-state index is -0.359. The molecule has 128 valence electrons.